The van der Waals surface area contributed by atoms with E-state index in [0.717, 1.165) is 11.1 Å². The van der Waals surface area contributed by atoms with E-state index < -0.39 is 10.0 Å². The second-order valence-electron chi connectivity index (χ2n) is 6.46. The Hall–Kier alpha value is -2.69. The average molecular weight is 385 g/mol. The first-order chi connectivity index (χ1) is 12.7. The van der Waals surface area contributed by atoms with Gasteiger partial charge in [-0.3, -0.25) is 4.79 Å². The zero-order valence-electron chi connectivity index (χ0n) is 15.7. The number of amides is 1. The first-order valence-electron chi connectivity index (χ1n) is 8.56. The van der Waals surface area contributed by atoms with Crippen LogP contribution in [0.2, 0.25) is 0 Å². The second-order valence-corrected chi connectivity index (χ2v) is 8.16. The van der Waals surface area contributed by atoms with Crippen molar-refractivity contribution >= 4 is 21.6 Å². The highest BCUT2D eigenvalue weighted by Crippen LogP contribution is 2.21. The Labute approximate surface area is 160 Å². The maximum Gasteiger partial charge on any atom is 0.241 e. The minimum absolute atomic E-state index is 0.00738. The van der Waals surface area contributed by atoms with Crippen LogP contribution in [-0.2, 0) is 21.2 Å². The number of hydrogen-bond donors (Lipinski definition) is 2. The van der Waals surface area contributed by atoms with Crippen LogP contribution in [0.1, 0.15) is 28.7 Å². The van der Waals surface area contributed by atoms with Crippen LogP contribution in [0.15, 0.2) is 41.3 Å². The summed E-state index contributed by atoms with van der Waals surface area (Å²) in [5, 5.41) is 11.4. The monoisotopic (exact) mass is 385 g/mol. The third-order valence-electron chi connectivity index (χ3n) is 4.04. The highest BCUT2D eigenvalue weighted by Gasteiger charge is 2.19. The number of anilines is 1. The lowest BCUT2D eigenvalue weighted by Crippen LogP contribution is -2.29. The minimum Gasteiger partial charge on any atom is -0.326 e. The van der Waals surface area contributed by atoms with Crippen molar-refractivity contribution in [3.8, 4) is 6.07 Å². The zero-order chi connectivity index (χ0) is 20.0. The van der Waals surface area contributed by atoms with Crippen LogP contribution in [0.25, 0.3) is 0 Å². The van der Waals surface area contributed by atoms with Gasteiger partial charge in [0.1, 0.15) is 0 Å². The third-order valence-corrected chi connectivity index (χ3v) is 5.80. The first kappa shape index (κ1) is 20.6. The van der Waals surface area contributed by atoms with Crippen LogP contribution in [0.4, 0.5) is 5.69 Å². The predicted octanol–water partition coefficient (Wildman–Crippen LogP) is 2.99. The Morgan fingerprint density at radius 2 is 1.67 bits per heavy atom. The Morgan fingerprint density at radius 3 is 2.22 bits per heavy atom. The van der Waals surface area contributed by atoms with Gasteiger partial charge in [-0.05, 0) is 49.6 Å². The molecule has 7 heteroatoms. The van der Waals surface area contributed by atoms with Gasteiger partial charge in [0.25, 0.3) is 0 Å². The maximum atomic E-state index is 12.6. The van der Waals surface area contributed by atoms with Gasteiger partial charge in [-0.25, -0.2) is 13.1 Å². The second kappa shape index (κ2) is 8.80. The van der Waals surface area contributed by atoms with Crippen molar-refractivity contribution in [3.05, 3.63) is 58.7 Å². The molecule has 142 valence electrons. The number of aryl methyl sites for hydroxylation is 3. The van der Waals surface area contributed by atoms with Gasteiger partial charge in [-0.1, -0.05) is 29.8 Å². The topological polar surface area (TPSA) is 99.1 Å². The van der Waals surface area contributed by atoms with E-state index in [1.807, 2.05) is 19.1 Å². The molecule has 0 spiro atoms. The Morgan fingerprint density at radius 1 is 1.07 bits per heavy atom. The fourth-order valence-electron chi connectivity index (χ4n) is 2.98. The summed E-state index contributed by atoms with van der Waals surface area (Å²) in [7, 11) is -3.68. The molecule has 0 saturated heterocycles. The van der Waals surface area contributed by atoms with E-state index in [2.05, 4.69) is 16.1 Å². The molecule has 0 aliphatic heterocycles. The van der Waals surface area contributed by atoms with Crippen molar-refractivity contribution in [2.24, 2.45) is 0 Å². The van der Waals surface area contributed by atoms with Crippen LogP contribution in [-0.4, -0.2) is 20.9 Å². The molecule has 2 aromatic carbocycles. The predicted molar refractivity (Wildman–Crippen MR) is 105 cm³/mol. The number of nitrogens with one attached hydrogen (secondary N) is 2. The Balaban J connectivity index is 1.93. The van der Waals surface area contributed by atoms with Crippen molar-refractivity contribution in [2.75, 3.05) is 11.9 Å². The van der Waals surface area contributed by atoms with Crippen molar-refractivity contribution in [1.82, 2.24) is 4.72 Å². The minimum atomic E-state index is -3.68. The largest absolute Gasteiger partial charge is 0.326 e. The molecule has 0 bridgehead atoms. The van der Waals surface area contributed by atoms with Crippen LogP contribution in [0.5, 0.6) is 0 Å². The molecule has 0 aromatic heterocycles. The summed E-state index contributed by atoms with van der Waals surface area (Å²) in [4.78, 5) is 12.3. The summed E-state index contributed by atoms with van der Waals surface area (Å²) >= 11 is 0. The standard InChI is InChI=1S/C20H23N3O3S/c1-14-12-15(2)20(16(3)13-14)27(25,26)22-11-9-19(24)23-18-6-4-17(5-7-18)8-10-21/h4-7,12-13,22H,8-9,11H2,1-3H3,(H,23,24). The number of nitriles is 1. The van der Waals surface area contributed by atoms with Crippen molar-refractivity contribution < 1.29 is 13.2 Å². The van der Waals surface area contributed by atoms with E-state index >= 15 is 0 Å². The summed E-state index contributed by atoms with van der Waals surface area (Å²) in [6, 6.07) is 12.7. The number of benzene rings is 2. The fraction of sp³-hybridized carbons (Fsp3) is 0.300. The normalized spacial score (nSPS) is 11.0. The van der Waals surface area contributed by atoms with Gasteiger partial charge in [0.05, 0.1) is 17.4 Å². The smallest absolute Gasteiger partial charge is 0.241 e. The third kappa shape index (κ3) is 5.64. The number of hydrogen-bond acceptors (Lipinski definition) is 4. The lowest BCUT2D eigenvalue weighted by molar-refractivity contribution is -0.116. The summed E-state index contributed by atoms with van der Waals surface area (Å²) in [5.74, 6) is -0.289. The molecule has 0 aliphatic carbocycles. The summed E-state index contributed by atoms with van der Waals surface area (Å²) in [5.41, 5.74) is 3.84. The molecule has 0 atom stereocenters. The number of nitrogens with zero attached hydrogens (tertiary/aromatic N) is 1. The summed E-state index contributed by atoms with van der Waals surface area (Å²) in [6.07, 6.45) is 0.330. The number of sulfonamides is 1. The lowest BCUT2D eigenvalue weighted by Gasteiger charge is -2.13. The molecular weight excluding hydrogens is 362 g/mol. The van der Waals surface area contributed by atoms with Gasteiger partial charge >= 0.3 is 0 Å². The van der Waals surface area contributed by atoms with E-state index in [1.165, 1.54) is 0 Å². The SMILES string of the molecule is Cc1cc(C)c(S(=O)(=O)NCCC(=O)Nc2ccc(CC#N)cc2)c(C)c1. The molecule has 1 amide bonds. The molecule has 2 N–H and O–H groups in total. The zero-order valence-corrected chi connectivity index (χ0v) is 16.5. The molecule has 27 heavy (non-hydrogen) atoms. The van der Waals surface area contributed by atoms with Gasteiger partial charge < -0.3 is 5.32 Å². The number of carbonyl (C=O) groups excluding carboxylic acids is 1. The first-order valence-corrected chi connectivity index (χ1v) is 10.0. The fourth-order valence-corrected chi connectivity index (χ4v) is 4.46. The van der Waals surface area contributed by atoms with Crippen molar-refractivity contribution in [3.63, 3.8) is 0 Å². The molecule has 0 saturated carbocycles. The number of carbonyl (C=O) groups is 1. The molecule has 0 radical (unpaired) electrons. The van der Waals surface area contributed by atoms with Crippen molar-refractivity contribution in [1.29, 1.82) is 5.26 Å². The van der Waals surface area contributed by atoms with Gasteiger partial charge in [0.2, 0.25) is 15.9 Å². The molecule has 0 heterocycles. The van der Waals surface area contributed by atoms with Crippen molar-refractivity contribution in [2.45, 2.75) is 38.5 Å². The number of rotatable bonds is 7. The summed E-state index contributed by atoms with van der Waals surface area (Å²) < 4.78 is 27.6. The van der Waals surface area contributed by atoms with Crippen LogP contribution in [0, 0.1) is 32.1 Å². The van der Waals surface area contributed by atoms with E-state index in [0.29, 0.717) is 23.2 Å². The van der Waals surface area contributed by atoms with E-state index in [1.54, 1.807) is 38.1 Å². The van der Waals surface area contributed by atoms with E-state index in [9.17, 15) is 13.2 Å². The maximum absolute atomic E-state index is 12.6. The van der Waals surface area contributed by atoms with Crippen LogP contribution < -0.4 is 10.0 Å². The highest BCUT2D eigenvalue weighted by molar-refractivity contribution is 7.89. The van der Waals surface area contributed by atoms with Crippen LogP contribution >= 0.6 is 0 Å². The Bertz CT molecular complexity index is 952. The van der Waals surface area contributed by atoms with E-state index in [-0.39, 0.29) is 23.8 Å². The Kier molecular flexibility index (Phi) is 6.72. The highest BCUT2D eigenvalue weighted by atomic mass is 32.2. The van der Waals surface area contributed by atoms with Gasteiger partial charge in [0, 0.05) is 18.7 Å². The van der Waals surface area contributed by atoms with Crippen LogP contribution in [0.3, 0.4) is 0 Å². The molecule has 6 nitrogen and oxygen atoms in total. The average Bonchev–Trinajstić information content (AvgIpc) is 2.55. The molecule has 0 aliphatic rings. The lowest BCUT2D eigenvalue weighted by atomic mass is 10.1. The van der Waals surface area contributed by atoms with Gasteiger partial charge in [-0.15, -0.1) is 0 Å². The van der Waals surface area contributed by atoms with Gasteiger partial charge in [0.15, 0.2) is 0 Å². The van der Waals surface area contributed by atoms with Gasteiger partial charge in [-0.2, -0.15) is 5.26 Å². The molecule has 0 fully saturated rings. The van der Waals surface area contributed by atoms with E-state index in [4.69, 9.17) is 5.26 Å². The summed E-state index contributed by atoms with van der Waals surface area (Å²) in [6.45, 7) is 5.45. The molecule has 2 aromatic rings. The molecule has 0 unspecified atom stereocenters. The molecular formula is C20H23N3O3S. The quantitative estimate of drug-likeness (QED) is 0.765. The molecule has 2 rings (SSSR count).